The van der Waals surface area contributed by atoms with E-state index in [1.807, 2.05) is 30.6 Å². The molecule has 0 fully saturated rings. The van der Waals surface area contributed by atoms with E-state index in [1.165, 1.54) is 0 Å². The predicted molar refractivity (Wildman–Crippen MR) is 69.0 cm³/mol. The van der Waals surface area contributed by atoms with Crippen LogP contribution < -0.4 is 16.0 Å². The predicted octanol–water partition coefficient (Wildman–Crippen LogP) is 2.01. The molecule has 0 saturated heterocycles. The number of pyridine rings is 1. The number of hydrogen-bond donors (Lipinski definition) is 2. The Labute approximate surface area is 104 Å². The van der Waals surface area contributed by atoms with Crippen LogP contribution in [-0.2, 0) is 0 Å². The zero-order chi connectivity index (χ0) is 12.3. The maximum atomic E-state index is 5.66. The lowest BCUT2D eigenvalue weighted by Crippen LogP contribution is -2.29. The smallest absolute Gasteiger partial charge is 0.134 e. The Bertz CT molecular complexity index is 498. The lowest BCUT2D eigenvalue weighted by Gasteiger charge is -2.17. The number of thiophene rings is 1. The van der Waals surface area contributed by atoms with E-state index >= 15 is 0 Å². The van der Waals surface area contributed by atoms with Gasteiger partial charge < -0.3 is 4.74 Å². The molecule has 0 aliphatic rings. The molecule has 90 valence electrons. The van der Waals surface area contributed by atoms with Crippen molar-refractivity contribution in [2.75, 3.05) is 7.11 Å². The Kier molecular flexibility index (Phi) is 3.73. The summed E-state index contributed by atoms with van der Waals surface area (Å²) < 4.78 is 5.32. The molecule has 1 unspecified atom stereocenters. The van der Waals surface area contributed by atoms with E-state index in [2.05, 4.69) is 10.4 Å². The summed E-state index contributed by atoms with van der Waals surface area (Å²) in [6.07, 6.45) is 3.61. The molecule has 1 atom stereocenters. The van der Waals surface area contributed by atoms with E-state index in [9.17, 15) is 0 Å². The van der Waals surface area contributed by atoms with Crippen molar-refractivity contribution in [3.05, 3.63) is 45.9 Å². The zero-order valence-electron chi connectivity index (χ0n) is 9.81. The molecule has 5 heteroatoms. The molecule has 2 rings (SSSR count). The van der Waals surface area contributed by atoms with Crippen LogP contribution in [0.4, 0.5) is 0 Å². The van der Waals surface area contributed by atoms with Gasteiger partial charge >= 0.3 is 0 Å². The van der Waals surface area contributed by atoms with Gasteiger partial charge in [-0.3, -0.25) is 10.8 Å². The molecule has 0 aromatic carbocycles. The van der Waals surface area contributed by atoms with E-state index in [0.717, 1.165) is 21.8 Å². The third kappa shape index (κ3) is 2.31. The summed E-state index contributed by atoms with van der Waals surface area (Å²) in [5, 5.41) is 1.99. The quantitative estimate of drug-likeness (QED) is 0.643. The minimum absolute atomic E-state index is 0.0846. The second kappa shape index (κ2) is 5.27. The average Bonchev–Trinajstić information content (AvgIpc) is 2.81. The van der Waals surface area contributed by atoms with E-state index < -0.39 is 0 Å². The Morgan fingerprint density at radius 1 is 1.47 bits per heavy atom. The van der Waals surface area contributed by atoms with Gasteiger partial charge in [0, 0.05) is 12.4 Å². The molecule has 0 spiro atoms. The van der Waals surface area contributed by atoms with Gasteiger partial charge in [0.15, 0.2) is 0 Å². The van der Waals surface area contributed by atoms with Gasteiger partial charge in [0.05, 0.1) is 18.0 Å². The van der Waals surface area contributed by atoms with Crippen molar-refractivity contribution in [3.63, 3.8) is 0 Å². The Balaban J connectivity index is 2.44. The van der Waals surface area contributed by atoms with Crippen LogP contribution in [0, 0.1) is 6.92 Å². The van der Waals surface area contributed by atoms with Crippen LogP contribution in [0.15, 0.2) is 29.9 Å². The number of methoxy groups -OCH3 is 1. The highest BCUT2D eigenvalue weighted by Crippen LogP contribution is 2.34. The summed E-state index contributed by atoms with van der Waals surface area (Å²) in [6.45, 7) is 2.04. The molecule has 0 aliphatic heterocycles. The van der Waals surface area contributed by atoms with Crippen molar-refractivity contribution in [3.8, 4) is 5.75 Å². The van der Waals surface area contributed by atoms with Crippen LogP contribution in [0.3, 0.4) is 0 Å². The molecular weight excluding hydrogens is 234 g/mol. The van der Waals surface area contributed by atoms with Crippen LogP contribution in [-0.4, -0.2) is 12.1 Å². The Morgan fingerprint density at radius 3 is 2.94 bits per heavy atom. The molecule has 0 bridgehead atoms. The molecule has 4 nitrogen and oxygen atoms in total. The number of hydrogen-bond acceptors (Lipinski definition) is 5. The van der Waals surface area contributed by atoms with Gasteiger partial charge in [-0.25, -0.2) is 5.43 Å². The normalized spacial score (nSPS) is 12.4. The van der Waals surface area contributed by atoms with E-state index in [-0.39, 0.29) is 6.04 Å². The number of nitrogens with one attached hydrogen (secondary N) is 1. The van der Waals surface area contributed by atoms with Gasteiger partial charge in [-0.05, 0) is 35.6 Å². The van der Waals surface area contributed by atoms with Crippen molar-refractivity contribution in [1.29, 1.82) is 0 Å². The minimum atomic E-state index is -0.0846. The van der Waals surface area contributed by atoms with Crippen molar-refractivity contribution >= 4 is 11.3 Å². The fourth-order valence-corrected chi connectivity index (χ4v) is 2.71. The SMILES string of the molecule is COc1ccsc1C(NN)c1cnccc1C. The van der Waals surface area contributed by atoms with E-state index in [1.54, 1.807) is 24.6 Å². The van der Waals surface area contributed by atoms with Gasteiger partial charge in [-0.2, -0.15) is 0 Å². The second-order valence-electron chi connectivity index (χ2n) is 3.69. The number of nitrogens with two attached hydrogens (primary N) is 1. The Hall–Kier alpha value is -1.43. The molecule has 2 heterocycles. The standard InChI is InChI=1S/C12H15N3OS/c1-8-3-5-14-7-9(8)11(15-13)12-10(16-2)4-6-17-12/h3-7,11,15H,13H2,1-2H3. The first-order valence-electron chi connectivity index (χ1n) is 5.26. The van der Waals surface area contributed by atoms with Crippen LogP contribution in [0.2, 0.25) is 0 Å². The molecule has 3 N–H and O–H groups in total. The first-order valence-corrected chi connectivity index (χ1v) is 6.14. The number of aryl methyl sites for hydroxylation is 1. The summed E-state index contributed by atoms with van der Waals surface area (Å²) in [4.78, 5) is 5.21. The number of ether oxygens (including phenoxy) is 1. The molecule has 0 aliphatic carbocycles. The Morgan fingerprint density at radius 2 is 2.29 bits per heavy atom. The van der Waals surface area contributed by atoms with Crippen LogP contribution >= 0.6 is 11.3 Å². The number of rotatable bonds is 4. The third-order valence-electron chi connectivity index (χ3n) is 2.70. The van der Waals surface area contributed by atoms with Crippen molar-refractivity contribution < 1.29 is 4.74 Å². The molecular formula is C12H15N3OS. The molecule has 0 saturated carbocycles. The lowest BCUT2D eigenvalue weighted by atomic mass is 10.0. The number of hydrazine groups is 1. The lowest BCUT2D eigenvalue weighted by molar-refractivity contribution is 0.407. The maximum absolute atomic E-state index is 5.66. The van der Waals surface area contributed by atoms with Gasteiger partial charge in [0.25, 0.3) is 0 Å². The topological polar surface area (TPSA) is 60.2 Å². The summed E-state index contributed by atoms with van der Waals surface area (Å²) >= 11 is 1.62. The average molecular weight is 249 g/mol. The molecule has 17 heavy (non-hydrogen) atoms. The summed E-state index contributed by atoms with van der Waals surface area (Å²) in [7, 11) is 1.66. The highest BCUT2D eigenvalue weighted by molar-refractivity contribution is 7.10. The molecule has 2 aromatic heterocycles. The zero-order valence-corrected chi connectivity index (χ0v) is 10.6. The largest absolute Gasteiger partial charge is 0.496 e. The highest BCUT2D eigenvalue weighted by atomic mass is 32.1. The monoisotopic (exact) mass is 249 g/mol. The summed E-state index contributed by atoms with van der Waals surface area (Å²) in [5.74, 6) is 6.51. The van der Waals surface area contributed by atoms with Gasteiger partial charge in [-0.15, -0.1) is 11.3 Å². The fraction of sp³-hybridized carbons (Fsp3) is 0.250. The van der Waals surface area contributed by atoms with E-state index in [0.29, 0.717) is 0 Å². The highest BCUT2D eigenvalue weighted by Gasteiger charge is 2.20. The molecule has 0 amide bonds. The first kappa shape index (κ1) is 12.0. The van der Waals surface area contributed by atoms with Crippen LogP contribution in [0.1, 0.15) is 22.0 Å². The summed E-state index contributed by atoms with van der Waals surface area (Å²) in [5.41, 5.74) is 5.04. The second-order valence-corrected chi connectivity index (χ2v) is 4.63. The van der Waals surface area contributed by atoms with Gasteiger partial charge in [0.2, 0.25) is 0 Å². The number of aromatic nitrogens is 1. The number of nitrogens with zero attached hydrogens (tertiary/aromatic N) is 1. The maximum Gasteiger partial charge on any atom is 0.134 e. The molecule has 0 radical (unpaired) electrons. The molecule has 2 aromatic rings. The minimum Gasteiger partial charge on any atom is -0.496 e. The van der Waals surface area contributed by atoms with E-state index in [4.69, 9.17) is 10.6 Å². The van der Waals surface area contributed by atoms with Crippen LogP contribution in [0.25, 0.3) is 0 Å². The van der Waals surface area contributed by atoms with Gasteiger partial charge in [-0.1, -0.05) is 0 Å². The fourth-order valence-electron chi connectivity index (χ4n) is 1.77. The van der Waals surface area contributed by atoms with Crippen molar-refractivity contribution in [2.45, 2.75) is 13.0 Å². The van der Waals surface area contributed by atoms with Gasteiger partial charge in [0.1, 0.15) is 5.75 Å². The first-order chi connectivity index (χ1) is 8.27. The van der Waals surface area contributed by atoms with Crippen molar-refractivity contribution in [2.24, 2.45) is 5.84 Å². The summed E-state index contributed by atoms with van der Waals surface area (Å²) in [6, 6.07) is 3.83. The third-order valence-corrected chi connectivity index (χ3v) is 3.66. The van der Waals surface area contributed by atoms with Crippen LogP contribution in [0.5, 0.6) is 5.75 Å². The van der Waals surface area contributed by atoms with Crippen molar-refractivity contribution in [1.82, 2.24) is 10.4 Å².